The largest absolute Gasteiger partial charge is 0.493 e. The molecule has 5 N–H and O–H groups in total. The first kappa shape index (κ1) is 29.9. The molecule has 3 amide bonds. The summed E-state index contributed by atoms with van der Waals surface area (Å²) in [7, 11) is 4.38. The second kappa shape index (κ2) is 13.0. The van der Waals surface area contributed by atoms with E-state index in [1.165, 1.54) is 26.2 Å². The van der Waals surface area contributed by atoms with E-state index in [1.54, 1.807) is 30.3 Å². The molecule has 1 atom stereocenters. The van der Waals surface area contributed by atoms with Gasteiger partial charge in [-0.25, -0.2) is 0 Å². The normalized spacial score (nSPS) is 11.3. The minimum atomic E-state index is -1.25. The number of rotatable bonds is 11. The molecule has 0 aliphatic heterocycles. The maximum atomic E-state index is 14.3. The zero-order chi connectivity index (χ0) is 30.4. The summed E-state index contributed by atoms with van der Waals surface area (Å²) in [4.78, 5) is 41.7. The van der Waals surface area contributed by atoms with Gasteiger partial charge in [-0.1, -0.05) is 42.5 Å². The molecule has 1 aromatic heterocycles. The van der Waals surface area contributed by atoms with Crippen LogP contribution in [0.15, 0.2) is 66.7 Å². The Hall–Kier alpha value is -5.10. The molecule has 1 heterocycles. The number of nitrogens with one attached hydrogen (secondary N) is 1. The van der Waals surface area contributed by atoms with Crippen LogP contribution < -0.4 is 35.9 Å². The van der Waals surface area contributed by atoms with Gasteiger partial charge in [0.05, 0.1) is 27.0 Å². The van der Waals surface area contributed by atoms with Crippen LogP contribution in [0.25, 0.3) is 0 Å². The van der Waals surface area contributed by atoms with E-state index in [9.17, 15) is 14.4 Å². The van der Waals surface area contributed by atoms with E-state index < -0.39 is 23.8 Å². The summed E-state index contributed by atoms with van der Waals surface area (Å²) in [6.45, 7) is 2.06. The van der Waals surface area contributed by atoms with Crippen molar-refractivity contribution in [3.8, 4) is 17.2 Å². The minimum absolute atomic E-state index is 0.0430. The second-order valence-electron chi connectivity index (χ2n) is 9.22. The van der Waals surface area contributed by atoms with Crippen molar-refractivity contribution < 1.29 is 28.6 Å². The van der Waals surface area contributed by atoms with E-state index in [1.807, 2.05) is 43.3 Å². The Kier molecular flexibility index (Phi) is 9.28. The Balaban J connectivity index is 1.94. The molecular weight excluding hydrogens is 558 g/mol. The first-order valence-electron chi connectivity index (χ1n) is 12.8. The number of carbonyl (C=O) groups excluding carboxylic acids is 3. The molecule has 42 heavy (non-hydrogen) atoms. The van der Waals surface area contributed by atoms with E-state index >= 15 is 0 Å². The number of ether oxygens (including phenoxy) is 3. The summed E-state index contributed by atoms with van der Waals surface area (Å²) < 4.78 is 20.6. The van der Waals surface area contributed by atoms with E-state index in [-0.39, 0.29) is 34.3 Å². The highest BCUT2D eigenvalue weighted by molar-refractivity contribution is 7.09. The van der Waals surface area contributed by atoms with E-state index in [2.05, 4.69) is 9.69 Å². The Bertz CT molecular complexity index is 1580. The highest BCUT2D eigenvalue weighted by Gasteiger charge is 2.37. The van der Waals surface area contributed by atoms with Gasteiger partial charge in [0, 0.05) is 12.2 Å². The zero-order valence-electron chi connectivity index (χ0n) is 23.5. The van der Waals surface area contributed by atoms with Crippen LogP contribution in [0, 0.1) is 6.92 Å². The lowest BCUT2D eigenvalue weighted by Crippen LogP contribution is -2.44. The number of methoxy groups -OCH3 is 3. The first-order valence-corrected chi connectivity index (χ1v) is 13.5. The molecule has 0 aliphatic carbocycles. The van der Waals surface area contributed by atoms with Gasteiger partial charge in [0.1, 0.15) is 10.9 Å². The molecule has 0 radical (unpaired) electrons. The molecule has 0 bridgehead atoms. The van der Waals surface area contributed by atoms with Gasteiger partial charge in [0.25, 0.3) is 11.8 Å². The van der Waals surface area contributed by atoms with Crippen LogP contribution in [0.3, 0.4) is 0 Å². The quantitative estimate of drug-likeness (QED) is 0.238. The predicted octanol–water partition coefficient (Wildman–Crippen LogP) is 3.86. The van der Waals surface area contributed by atoms with Gasteiger partial charge in [-0.05, 0) is 59.4 Å². The van der Waals surface area contributed by atoms with E-state index in [4.69, 9.17) is 25.7 Å². The molecule has 0 spiro atoms. The summed E-state index contributed by atoms with van der Waals surface area (Å²) in [6, 6.07) is 18.4. The van der Waals surface area contributed by atoms with Crippen molar-refractivity contribution in [1.29, 1.82) is 0 Å². The van der Waals surface area contributed by atoms with E-state index in [0.717, 1.165) is 22.7 Å². The Morgan fingerprint density at radius 1 is 0.952 bits per heavy atom. The summed E-state index contributed by atoms with van der Waals surface area (Å²) in [5, 5.41) is 2.95. The highest BCUT2D eigenvalue weighted by Crippen LogP contribution is 2.42. The third kappa shape index (κ3) is 6.13. The second-order valence-corrected chi connectivity index (χ2v) is 9.99. The molecule has 0 aliphatic rings. The average molecular weight is 590 g/mol. The predicted molar refractivity (Wildman–Crippen MR) is 160 cm³/mol. The summed E-state index contributed by atoms with van der Waals surface area (Å²) in [6.07, 6.45) is 0. The number of amides is 3. The third-order valence-electron chi connectivity index (χ3n) is 6.47. The molecule has 4 rings (SSSR count). The van der Waals surface area contributed by atoms with Crippen LogP contribution >= 0.6 is 11.5 Å². The zero-order valence-corrected chi connectivity index (χ0v) is 24.4. The van der Waals surface area contributed by atoms with Gasteiger partial charge < -0.3 is 31.0 Å². The number of nitrogen functional groups attached to an aromatic ring is 1. The number of hydrogen-bond donors (Lipinski definition) is 3. The minimum Gasteiger partial charge on any atom is -0.493 e. The maximum absolute atomic E-state index is 14.3. The van der Waals surface area contributed by atoms with Crippen LogP contribution in [0.5, 0.6) is 17.2 Å². The van der Waals surface area contributed by atoms with Gasteiger partial charge in [-0.2, -0.15) is 4.37 Å². The van der Waals surface area contributed by atoms with Crippen molar-refractivity contribution >= 4 is 40.6 Å². The number of aryl methyl sites for hydroxylation is 1. The number of anilines is 2. The fraction of sp³-hybridized carbons (Fsp3) is 0.200. The van der Waals surface area contributed by atoms with Crippen molar-refractivity contribution in [3.63, 3.8) is 0 Å². The third-order valence-corrected chi connectivity index (χ3v) is 7.32. The molecule has 0 saturated heterocycles. The first-order chi connectivity index (χ1) is 20.2. The number of nitrogens with zero attached hydrogens (tertiary/aromatic N) is 2. The Labute approximate surface area is 247 Å². The van der Waals surface area contributed by atoms with Crippen LogP contribution in [0.4, 0.5) is 11.4 Å². The lowest BCUT2D eigenvalue weighted by Gasteiger charge is -2.32. The summed E-state index contributed by atoms with van der Waals surface area (Å²) in [5.74, 6) is -1.13. The standard InChI is InChI=1S/C30H31N5O6S/c1-17-9-8-12-20(13-17)35(30(38)27-23(31)24(28(32)36)34-42-27)25(29(37)33-16-18-10-6-5-7-11-18)19-14-21(39-2)26(41-4)22(15-19)40-3/h5-15,25H,16,31H2,1-4H3,(H2,32,36)(H,33,37)/t25-/m0/s1. The molecule has 0 unspecified atom stereocenters. The van der Waals surface area contributed by atoms with Crippen LogP contribution in [0.1, 0.15) is 42.9 Å². The molecule has 11 nitrogen and oxygen atoms in total. The van der Waals surface area contributed by atoms with E-state index in [0.29, 0.717) is 17.0 Å². The van der Waals surface area contributed by atoms with Crippen LogP contribution in [0.2, 0.25) is 0 Å². The molecule has 0 fully saturated rings. The lowest BCUT2D eigenvalue weighted by atomic mass is 10.0. The summed E-state index contributed by atoms with van der Waals surface area (Å²) in [5.41, 5.74) is 13.7. The van der Waals surface area contributed by atoms with Gasteiger partial charge in [-0.3, -0.25) is 19.3 Å². The number of benzene rings is 3. The smallest absolute Gasteiger partial charge is 0.273 e. The molecule has 218 valence electrons. The molecule has 3 aromatic carbocycles. The highest BCUT2D eigenvalue weighted by atomic mass is 32.1. The average Bonchev–Trinajstić information content (AvgIpc) is 3.39. The molecule has 12 heteroatoms. The van der Waals surface area contributed by atoms with Crippen LogP contribution in [-0.2, 0) is 11.3 Å². The molecule has 4 aromatic rings. The van der Waals surface area contributed by atoms with Crippen molar-refractivity contribution in [2.45, 2.75) is 19.5 Å². The fourth-order valence-electron chi connectivity index (χ4n) is 4.46. The van der Waals surface area contributed by atoms with Crippen molar-refractivity contribution in [3.05, 3.63) is 94.0 Å². The van der Waals surface area contributed by atoms with Crippen LogP contribution in [-0.4, -0.2) is 43.4 Å². The van der Waals surface area contributed by atoms with Crippen molar-refractivity contribution in [1.82, 2.24) is 9.69 Å². The number of aromatic nitrogens is 1. The van der Waals surface area contributed by atoms with Gasteiger partial charge in [-0.15, -0.1) is 0 Å². The summed E-state index contributed by atoms with van der Waals surface area (Å²) >= 11 is 0.728. The number of carbonyl (C=O) groups is 3. The molecule has 0 saturated carbocycles. The number of hydrogen-bond acceptors (Lipinski definition) is 9. The lowest BCUT2D eigenvalue weighted by molar-refractivity contribution is -0.122. The SMILES string of the molecule is COc1cc([C@@H](C(=O)NCc2ccccc2)N(C(=O)c2snc(C(N)=O)c2N)c2cccc(C)c2)cc(OC)c1OC. The van der Waals surface area contributed by atoms with Gasteiger partial charge in [0.15, 0.2) is 17.2 Å². The topological polar surface area (TPSA) is 159 Å². The Morgan fingerprint density at radius 3 is 2.17 bits per heavy atom. The Morgan fingerprint density at radius 2 is 1.62 bits per heavy atom. The van der Waals surface area contributed by atoms with Crippen molar-refractivity contribution in [2.24, 2.45) is 5.73 Å². The van der Waals surface area contributed by atoms with Gasteiger partial charge >= 0.3 is 0 Å². The molecular formula is C30H31N5O6S. The fourth-order valence-corrected chi connectivity index (χ4v) is 5.20. The van der Waals surface area contributed by atoms with Gasteiger partial charge in [0.2, 0.25) is 11.7 Å². The maximum Gasteiger partial charge on any atom is 0.273 e. The number of primary amides is 1. The monoisotopic (exact) mass is 589 g/mol. The van der Waals surface area contributed by atoms with Crippen molar-refractivity contribution in [2.75, 3.05) is 32.0 Å². The number of nitrogens with two attached hydrogens (primary N) is 2.